The van der Waals surface area contributed by atoms with E-state index < -0.39 is 0 Å². The normalized spacial score (nSPS) is 11.4. The van der Waals surface area contributed by atoms with Crippen LogP contribution in [0.2, 0.25) is 0 Å². The maximum atomic E-state index is 11.6. The highest BCUT2D eigenvalue weighted by atomic mass is 16.6. The van der Waals surface area contributed by atoms with Gasteiger partial charge in [-0.05, 0) is 75.9 Å². The number of esters is 1. The van der Waals surface area contributed by atoms with Crippen LogP contribution in [0.4, 0.5) is 0 Å². The first-order valence-electron chi connectivity index (χ1n) is 9.80. The minimum absolute atomic E-state index is 0.0951. The predicted molar refractivity (Wildman–Crippen MR) is 109 cm³/mol. The lowest BCUT2D eigenvalue weighted by molar-refractivity contribution is -0.154. The summed E-state index contributed by atoms with van der Waals surface area (Å²) >= 11 is 0. The third kappa shape index (κ3) is 8.25. The molecule has 0 aliphatic heterocycles. The summed E-state index contributed by atoms with van der Waals surface area (Å²) in [6.07, 6.45) is 8.87. The van der Waals surface area contributed by atoms with E-state index in [1.165, 1.54) is 5.56 Å². The molecule has 0 saturated carbocycles. The smallest absolute Gasteiger partial charge is 0.306 e. The molecule has 1 aromatic carbocycles. The molecular formula is C23H31NO3. The van der Waals surface area contributed by atoms with Gasteiger partial charge in [-0.25, -0.2) is 0 Å². The summed E-state index contributed by atoms with van der Waals surface area (Å²) in [5.41, 5.74) is 2.78. The van der Waals surface area contributed by atoms with Gasteiger partial charge in [0.05, 0.1) is 5.69 Å². The molecule has 0 unspecified atom stereocenters. The van der Waals surface area contributed by atoms with E-state index in [0.29, 0.717) is 6.42 Å². The van der Waals surface area contributed by atoms with Gasteiger partial charge in [0, 0.05) is 18.2 Å². The molecule has 0 atom stereocenters. The average molecular weight is 370 g/mol. The number of carbonyl (C=O) groups is 1. The van der Waals surface area contributed by atoms with E-state index in [2.05, 4.69) is 11.1 Å². The van der Waals surface area contributed by atoms with Gasteiger partial charge in [0.25, 0.3) is 0 Å². The van der Waals surface area contributed by atoms with Crippen LogP contribution in [0.5, 0.6) is 5.75 Å². The summed E-state index contributed by atoms with van der Waals surface area (Å²) in [7, 11) is 0. The Morgan fingerprint density at radius 1 is 0.963 bits per heavy atom. The van der Waals surface area contributed by atoms with Crippen LogP contribution in [-0.4, -0.2) is 21.7 Å². The highest BCUT2D eigenvalue weighted by Crippen LogP contribution is 2.20. The van der Waals surface area contributed by atoms with E-state index >= 15 is 0 Å². The third-order valence-electron chi connectivity index (χ3n) is 4.25. The maximum absolute atomic E-state index is 11.6. The Balaban J connectivity index is 1.61. The number of aryl methyl sites for hydroxylation is 1. The molecule has 4 nitrogen and oxygen atoms in total. The number of phenolic OH excluding ortho intramolecular Hbond substituents is 1. The van der Waals surface area contributed by atoms with Crippen molar-refractivity contribution in [1.29, 1.82) is 0 Å². The Morgan fingerprint density at radius 3 is 2.26 bits per heavy atom. The number of carbonyl (C=O) groups excluding carboxylic acids is 1. The molecule has 1 heterocycles. The van der Waals surface area contributed by atoms with Crippen molar-refractivity contribution in [1.82, 2.24) is 4.98 Å². The predicted octanol–water partition coefficient (Wildman–Crippen LogP) is 5.68. The van der Waals surface area contributed by atoms with Crippen molar-refractivity contribution in [2.75, 3.05) is 0 Å². The number of pyridine rings is 1. The highest BCUT2D eigenvalue weighted by molar-refractivity contribution is 5.69. The Labute approximate surface area is 162 Å². The lowest BCUT2D eigenvalue weighted by atomic mass is 10.0. The summed E-state index contributed by atoms with van der Waals surface area (Å²) in [5.74, 6) is 0.170. The Morgan fingerprint density at radius 2 is 1.63 bits per heavy atom. The molecule has 0 fully saturated rings. The number of phenols is 1. The number of aromatic nitrogens is 1. The molecule has 0 aliphatic carbocycles. The average Bonchev–Trinajstić information content (AvgIpc) is 2.61. The summed E-state index contributed by atoms with van der Waals surface area (Å²) < 4.78 is 5.31. The van der Waals surface area contributed by atoms with E-state index in [1.54, 1.807) is 12.1 Å². The van der Waals surface area contributed by atoms with Gasteiger partial charge < -0.3 is 9.84 Å². The van der Waals surface area contributed by atoms with Crippen LogP contribution in [0, 0.1) is 0 Å². The van der Waals surface area contributed by atoms with Crippen LogP contribution >= 0.6 is 0 Å². The number of benzene rings is 1. The quantitative estimate of drug-likeness (QED) is 0.456. The number of hydrogen-bond donors (Lipinski definition) is 1. The van der Waals surface area contributed by atoms with E-state index in [-0.39, 0.29) is 17.3 Å². The SMILES string of the molecule is CC(C)(C)OC(=O)CCCCCCCc1ccc(-c2ccc(O)cc2)nc1. The maximum Gasteiger partial charge on any atom is 0.306 e. The van der Waals surface area contributed by atoms with Crippen LogP contribution in [0.1, 0.15) is 64.9 Å². The fourth-order valence-corrected chi connectivity index (χ4v) is 2.90. The molecule has 0 radical (unpaired) electrons. The molecule has 146 valence electrons. The first-order valence-corrected chi connectivity index (χ1v) is 9.80. The van der Waals surface area contributed by atoms with Gasteiger partial charge in [-0.2, -0.15) is 0 Å². The molecule has 27 heavy (non-hydrogen) atoms. The zero-order chi connectivity index (χ0) is 19.7. The van der Waals surface area contributed by atoms with Gasteiger partial charge in [-0.1, -0.05) is 25.3 Å². The fraction of sp³-hybridized carbons (Fsp3) is 0.478. The third-order valence-corrected chi connectivity index (χ3v) is 4.25. The van der Waals surface area contributed by atoms with Gasteiger partial charge in [0.1, 0.15) is 11.4 Å². The Hall–Kier alpha value is -2.36. The van der Waals surface area contributed by atoms with Gasteiger partial charge >= 0.3 is 5.97 Å². The molecule has 4 heteroatoms. The lowest BCUT2D eigenvalue weighted by Crippen LogP contribution is -2.23. The minimum atomic E-state index is -0.386. The van der Waals surface area contributed by atoms with Crippen molar-refractivity contribution in [3.05, 3.63) is 48.2 Å². The molecule has 0 spiro atoms. The Bertz CT molecular complexity index is 700. The number of nitrogens with zero attached hydrogens (tertiary/aromatic N) is 1. The molecule has 1 N–H and O–H groups in total. The molecule has 0 aliphatic rings. The molecule has 0 amide bonds. The first-order chi connectivity index (χ1) is 12.8. The van der Waals surface area contributed by atoms with Gasteiger partial charge in [0.2, 0.25) is 0 Å². The summed E-state index contributed by atoms with van der Waals surface area (Å²) in [6, 6.07) is 11.2. The van der Waals surface area contributed by atoms with Crippen LogP contribution < -0.4 is 0 Å². The van der Waals surface area contributed by atoms with Crippen molar-refractivity contribution in [2.45, 2.75) is 71.3 Å². The molecule has 0 saturated heterocycles. The molecular weight excluding hydrogens is 338 g/mol. The highest BCUT2D eigenvalue weighted by Gasteiger charge is 2.15. The zero-order valence-corrected chi connectivity index (χ0v) is 16.7. The van der Waals surface area contributed by atoms with E-state index in [4.69, 9.17) is 4.74 Å². The molecule has 2 aromatic rings. The van der Waals surface area contributed by atoms with Gasteiger partial charge in [-0.3, -0.25) is 9.78 Å². The van der Waals surface area contributed by atoms with Crippen LogP contribution in [0.3, 0.4) is 0 Å². The number of unbranched alkanes of at least 4 members (excludes halogenated alkanes) is 4. The second kappa shape index (κ2) is 10.1. The lowest BCUT2D eigenvalue weighted by Gasteiger charge is -2.19. The second-order valence-corrected chi connectivity index (χ2v) is 7.95. The number of ether oxygens (including phenoxy) is 1. The fourth-order valence-electron chi connectivity index (χ4n) is 2.90. The monoisotopic (exact) mass is 369 g/mol. The van der Waals surface area contributed by atoms with Gasteiger partial charge in [-0.15, -0.1) is 0 Å². The largest absolute Gasteiger partial charge is 0.508 e. The number of hydrogen-bond acceptors (Lipinski definition) is 4. The zero-order valence-electron chi connectivity index (χ0n) is 16.7. The standard InChI is InChI=1S/C23H31NO3/c1-23(2,3)27-22(26)10-8-6-4-5-7-9-18-11-16-21(24-17-18)19-12-14-20(25)15-13-19/h11-17,25H,4-10H2,1-3H3. The Kier molecular flexibility index (Phi) is 7.83. The van der Waals surface area contributed by atoms with Crippen LogP contribution in [0.25, 0.3) is 11.3 Å². The summed E-state index contributed by atoms with van der Waals surface area (Å²) in [4.78, 5) is 16.2. The summed E-state index contributed by atoms with van der Waals surface area (Å²) in [5, 5.41) is 9.35. The van der Waals surface area contributed by atoms with E-state index in [1.807, 2.05) is 45.2 Å². The van der Waals surface area contributed by atoms with Crippen molar-refractivity contribution >= 4 is 5.97 Å². The molecule has 2 rings (SSSR count). The van der Waals surface area contributed by atoms with Gasteiger partial charge in [0.15, 0.2) is 0 Å². The van der Waals surface area contributed by atoms with Crippen LogP contribution in [0.15, 0.2) is 42.6 Å². The van der Waals surface area contributed by atoms with Crippen LogP contribution in [-0.2, 0) is 16.0 Å². The van der Waals surface area contributed by atoms with Crippen molar-refractivity contribution in [3.63, 3.8) is 0 Å². The van der Waals surface area contributed by atoms with Crippen molar-refractivity contribution < 1.29 is 14.6 Å². The second-order valence-electron chi connectivity index (χ2n) is 7.95. The minimum Gasteiger partial charge on any atom is -0.508 e. The van der Waals surface area contributed by atoms with E-state index in [9.17, 15) is 9.90 Å². The number of aromatic hydroxyl groups is 1. The number of rotatable bonds is 9. The topological polar surface area (TPSA) is 59.4 Å². The summed E-state index contributed by atoms with van der Waals surface area (Å²) in [6.45, 7) is 5.70. The van der Waals surface area contributed by atoms with E-state index in [0.717, 1.165) is 49.8 Å². The molecule has 1 aromatic heterocycles. The van der Waals surface area contributed by atoms with Crippen molar-refractivity contribution in [2.24, 2.45) is 0 Å². The first kappa shape index (κ1) is 20.9. The molecule has 0 bridgehead atoms. The van der Waals surface area contributed by atoms with Crippen molar-refractivity contribution in [3.8, 4) is 17.0 Å².